The Morgan fingerprint density at radius 2 is 2.19 bits per heavy atom. The number of urea groups is 1. The highest BCUT2D eigenvalue weighted by Crippen LogP contribution is 2.18. The molecule has 1 aromatic rings. The number of carbonyl (C=O) groups is 1. The fourth-order valence-corrected chi connectivity index (χ4v) is 2.35. The van der Waals surface area contributed by atoms with Crippen molar-refractivity contribution in [2.45, 2.75) is 37.8 Å². The fraction of sp³-hybridized carbons (Fsp3) is 0.600. The minimum absolute atomic E-state index is 0.170. The quantitative estimate of drug-likeness (QED) is 0.735. The van der Waals surface area contributed by atoms with Gasteiger partial charge in [0.25, 0.3) is 0 Å². The number of thiazole rings is 1. The molecule has 16 heavy (non-hydrogen) atoms. The van der Waals surface area contributed by atoms with Gasteiger partial charge in [-0.05, 0) is 25.7 Å². The highest BCUT2D eigenvalue weighted by Gasteiger charge is 2.20. The third-order valence-electron chi connectivity index (χ3n) is 2.68. The maximum absolute atomic E-state index is 11.5. The number of hydrogen-bond acceptors (Lipinski definition) is 4. The number of rotatable bonds is 2. The molecule has 1 aliphatic rings. The van der Waals surface area contributed by atoms with Gasteiger partial charge < -0.3 is 10.4 Å². The Labute approximate surface area is 97.9 Å². The van der Waals surface area contributed by atoms with Crippen molar-refractivity contribution in [1.82, 2.24) is 10.3 Å². The minimum atomic E-state index is -0.212. The van der Waals surface area contributed by atoms with Gasteiger partial charge in [0.15, 0.2) is 5.13 Å². The molecule has 2 rings (SSSR count). The second-order valence-corrected chi connectivity index (χ2v) is 4.84. The van der Waals surface area contributed by atoms with Crippen molar-refractivity contribution in [3.63, 3.8) is 0 Å². The number of hydrogen-bond donors (Lipinski definition) is 3. The van der Waals surface area contributed by atoms with Crippen LogP contribution in [0.4, 0.5) is 9.93 Å². The van der Waals surface area contributed by atoms with E-state index in [0.29, 0.717) is 5.13 Å². The summed E-state index contributed by atoms with van der Waals surface area (Å²) in [6, 6.07) is -0.0419. The van der Waals surface area contributed by atoms with E-state index in [1.807, 2.05) is 5.38 Å². The monoisotopic (exact) mass is 241 g/mol. The first-order chi connectivity index (χ1) is 7.74. The van der Waals surface area contributed by atoms with Crippen LogP contribution in [0.15, 0.2) is 11.6 Å². The zero-order valence-corrected chi connectivity index (χ0v) is 9.67. The Morgan fingerprint density at radius 1 is 1.44 bits per heavy atom. The van der Waals surface area contributed by atoms with Crippen LogP contribution in [0, 0.1) is 0 Å². The van der Waals surface area contributed by atoms with Gasteiger partial charge in [0.05, 0.1) is 6.10 Å². The molecule has 3 N–H and O–H groups in total. The lowest BCUT2D eigenvalue weighted by molar-refractivity contribution is 0.118. The molecule has 0 aliphatic heterocycles. The van der Waals surface area contributed by atoms with Crippen LogP contribution < -0.4 is 10.6 Å². The van der Waals surface area contributed by atoms with Crippen LogP contribution in [0.3, 0.4) is 0 Å². The molecular formula is C10H15N3O2S. The van der Waals surface area contributed by atoms with Gasteiger partial charge in [-0.3, -0.25) is 5.32 Å². The van der Waals surface area contributed by atoms with Crippen LogP contribution in [0.25, 0.3) is 0 Å². The van der Waals surface area contributed by atoms with Crippen molar-refractivity contribution >= 4 is 22.5 Å². The van der Waals surface area contributed by atoms with Crippen molar-refractivity contribution in [1.29, 1.82) is 0 Å². The van der Waals surface area contributed by atoms with Gasteiger partial charge in [0.2, 0.25) is 0 Å². The van der Waals surface area contributed by atoms with E-state index in [1.54, 1.807) is 6.20 Å². The first-order valence-electron chi connectivity index (χ1n) is 5.39. The summed E-state index contributed by atoms with van der Waals surface area (Å²) in [5.41, 5.74) is 0. The van der Waals surface area contributed by atoms with E-state index in [2.05, 4.69) is 15.6 Å². The SMILES string of the molecule is O=C(Nc1nccs1)NC1CCC(O)CC1. The number of nitrogens with one attached hydrogen (secondary N) is 2. The first kappa shape index (κ1) is 11.3. The summed E-state index contributed by atoms with van der Waals surface area (Å²) in [7, 11) is 0. The van der Waals surface area contributed by atoms with Crippen molar-refractivity contribution < 1.29 is 9.90 Å². The van der Waals surface area contributed by atoms with E-state index >= 15 is 0 Å². The molecule has 1 heterocycles. The number of carbonyl (C=O) groups excluding carboxylic acids is 1. The Bertz CT molecular complexity index is 334. The van der Waals surface area contributed by atoms with Crippen LogP contribution >= 0.6 is 11.3 Å². The molecule has 2 amide bonds. The number of aliphatic hydroxyl groups is 1. The molecule has 0 aromatic carbocycles. The van der Waals surface area contributed by atoms with Gasteiger partial charge >= 0.3 is 6.03 Å². The minimum Gasteiger partial charge on any atom is -0.393 e. The Kier molecular flexibility index (Phi) is 3.74. The van der Waals surface area contributed by atoms with E-state index in [4.69, 9.17) is 0 Å². The number of amides is 2. The topological polar surface area (TPSA) is 74.2 Å². The molecule has 0 unspecified atom stereocenters. The Morgan fingerprint density at radius 3 is 2.81 bits per heavy atom. The summed E-state index contributed by atoms with van der Waals surface area (Å²) in [6.07, 6.45) is 4.67. The number of aliphatic hydroxyl groups excluding tert-OH is 1. The van der Waals surface area contributed by atoms with Crippen molar-refractivity contribution in [3.05, 3.63) is 11.6 Å². The molecule has 0 saturated heterocycles. The normalized spacial score (nSPS) is 25.1. The van der Waals surface area contributed by atoms with Gasteiger partial charge in [-0.1, -0.05) is 0 Å². The predicted molar refractivity (Wildman–Crippen MR) is 62.5 cm³/mol. The summed E-state index contributed by atoms with van der Waals surface area (Å²) in [5, 5.41) is 17.3. The summed E-state index contributed by atoms with van der Waals surface area (Å²) in [6.45, 7) is 0. The molecule has 1 fully saturated rings. The lowest BCUT2D eigenvalue weighted by atomic mass is 9.93. The maximum atomic E-state index is 11.5. The molecule has 0 radical (unpaired) electrons. The molecule has 0 bridgehead atoms. The van der Waals surface area contributed by atoms with E-state index < -0.39 is 0 Å². The molecular weight excluding hydrogens is 226 g/mol. The van der Waals surface area contributed by atoms with Crippen molar-refractivity contribution in [3.8, 4) is 0 Å². The molecule has 88 valence electrons. The highest BCUT2D eigenvalue weighted by molar-refractivity contribution is 7.13. The number of aromatic nitrogens is 1. The molecule has 5 nitrogen and oxygen atoms in total. The molecule has 1 aromatic heterocycles. The number of nitrogens with zero attached hydrogens (tertiary/aromatic N) is 1. The zero-order chi connectivity index (χ0) is 11.4. The van der Waals surface area contributed by atoms with E-state index in [1.165, 1.54) is 11.3 Å². The van der Waals surface area contributed by atoms with Crippen LogP contribution in [-0.2, 0) is 0 Å². The van der Waals surface area contributed by atoms with Gasteiger partial charge in [0.1, 0.15) is 0 Å². The summed E-state index contributed by atoms with van der Waals surface area (Å²) in [5.74, 6) is 0. The average Bonchev–Trinajstić information content (AvgIpc) is 2.74. The standard InChI is InChI=1S/C10H15N3O2S/c14-8-3-1-7(2-4-8)12-9(15)13-10-11-5-6-16-10/h5-8,14H,1-4H2,(H2,11,12,13,15). The largest absolute Gasteiger partial charge is 0.393 e. The van der Waals surface area contributed by atoms with Crippen molar-refractivity contribution in [2.75, 3.05) is 5.32 Å². The fourth-order valence-electron chi connectivity index (χ4n) is 1.82. The molecule has 0 atom stereocenters. The van der Waals surface area contributed by atoms with Gasteiger partial charge in [-0.2, -0.15) is 0 Å². The number of anilines is 1. The highest BCUT2D eigenvalue weighted by atomic mass is 32.1. The first-order valence-corrected chi connectivity index (χ1v) is 6.27. The van der Waals surface area contributed by atoms with Gasteiger partial charge in [-0.25, -0.2) is 9.78 Å². The summed E-state index contributed by atoms with van der Waals surface area (Å²) < 4.78 is 0. The second-order valence-electron chi connectivity index (χ2n) is 3.94. The van der Waals surface area contributed by atoms with Crippen LogP contribution in [-0.4, -0.2) is 28.3 Å². The zero-order valence-electron chi connectivity index (χ0n) is 8.85. The van der Waals surface area contributed by atoms with Gasteiger partial charge in [0, 0.05) is 17.6 Å². The third kappa shape index (κ3) is 3.18. The van der Waals surface area contributed by atoms with Crippen LogP contribution in [0.5, 0.6) is 0 Å². The smallest absolute Gasteiger partial charge is 0.321 e. The third-order valence-corrected chi connectivity index (χ3v) is 3.37. The average molecular weight is 241 g/mol. The van der Waals surface area contributed by atoms with Crippen molar-refractivity contribution in [2.24, 2.45) is 0 Å². The molecule has 1 saturated carbocycles. The van der Waals surface area contributed by atoms with Crippen LogP contribution in [0.1, 0.15) is 25.7 Å². The molecule has 6 heteroatoms. The maximum Gasteiger partial charge on any atom is 0.321 e. The lowest BCUT2D eigenvalue weighted by Gasteiger charge is -2.25. The summed E-state index contributed by atoms with van der Waals surface area (Å²) >= 11 is 1.39. The molecule has 1 aliphatic carbocycles. The van der Waals surface area contributed by atoms with E-state index in [-0.39, 0.29) is 18.2 Å². The lowest BCUT2D eigenvalue weighted by Crippen LogP contribution is -2.40. The van der Waals surface area contributed by atoms with Crippen LogP contribution in [0.2, 0.25) is 0 Å². The van der Waals surface area contributed by atoms with E-state index in [0.717, 1.165) is 25.7 Å². The predicted octanol–water partition coefficient (Wildman–Crippen LogP) is 1.57. The Hall–Kier alpha value is -1.14. The second kappa shape index (κ2) is 5.27. The van der Waals surface area contributed by atoms with Gasteiger partial charge in [-0.15, -0.1) is 11.3 Å². The van der Waals surface area contributed by atoms with E-state index in [9.17, 15) is 9.90 Å². The molecule has 0 spiro atoms. The summed E-state index contributed by atoms with van der Waals surface area (Å²) in [4.78, 5) is 15.5. The Balaban J connectivity index is 1.75.